The minimum Gasteiger partial charge on any atom is -0.257 e. The lowest BCUT2D eigenvalue weighted by Crippen LogP contribution is -2.19. The van der Waals surface area contributed by atoms with Crippen LogP contribution in [0.4, 0.5) is 10.1 Å². The highest BCUT2D eigenvalue weighted by molar-refractivity contribution is 9.11. The molecule has 0 saturated carbocycles. The summed E-state index contributed by atoms with van der Waals surface area (Å²) in [6.07, 6.45) is 0.605. The van der Waals surface area contributed by atoms with Crippen molar-refractivity contribution < 1.29 is 12.8 Å². The van der Waals surface area contributed by atoms with Crippen LogP contribution >= 0.6 is 27.3 Å². The zero-order valence-corrected chi connectivity index (χ0v) is 17.6. The van der Waals surface area contributed by atoms with Crippen molar-refractivity contribution in [3.05, 3.63) is 80.7 Å². The van der Waals surface area contributed by atoms with Crippen molar-refractivity contribution in [2.75, 3.05) is 5.01 Å². The third-order valence-electron chi connectivity index (χ3n) is 4.43. The van der Waals surface area contributed by atoms with Gasteiger partial charge in [0.15, 0.2) is 0 Å². The first-order valence-corrected chi connectivity index (χ1v) is 11.5. The number of sulfonamides is 1. The molecule has 0 aliphatic carbocycles. The molecule has 3 aromatic rings. The molecule has 2 heterocycles. The topological polar surface area (TPSA) is 75.8 Å². The van der Waals surface area contributed by atoms with Crippen molar-refractivity contribution in [1.29, 1.82) is 0 Å². The summed E-state index contributed by atoms with van der Waals surface area (Å²) >= 11 is 5.04. The summed E-state index contributed by atoms with van der Waals surface area (Å²) in [7, 11) is -3.77. The van der Waals surface area contributed by atoms with E-state index in [1.54, 1.807) is 34.5 Å². The number of primary sulfonamides is 1. The molecule has 1 aromatic heterocycles. The molecule has 2 N–H and O–H groups in total. The standard InChI is InChI=1S/C19H15BrFN3O2S2/c20-19-9-8-18(27-19)16-11-17(12-2-1-3-13(21)10-12)24(23-16)14-4-6-15(7-5-14)28(22,25)26/h1-10,17H,11H2,(H2,22,25,26). The molecule has 1 atom stereocenters. The van der Waals surface area contributed by atoms with Gasteiger partial charge in [-0.25, -0.2) is 17.9 Å². The van der Waals surface area contributed by atoms with Crippen LogP contribution in [-0.2, 0) is 10.0 Å². The van der Waals surface area contributed by atoms with Crippen LogP contribution in [0.15, 0.2) is 74.4 Å². The van der Waals surface area contributed by atoms with E-state index in [9.17, 15) is 12.8 Å². The molecule has 0 bridgehead atoms. The Morgan fingerprint density at radius 1 is 1.14 bits per heavy atom. The van der Waals surface area contributed by atoms with Gasteiger partial charge in [-0.1, -0.05) is 12.1 Å². The van der Waals surface area contributed by atoms with E-state index in [4.69, 9.17) is 10.2 Å². The Kier molecular flexibility index (Phi) is 5.09. The monoisotopic (exact) mass is 479 g/mol. The largest absolute Gasteiger partial charge is 0.257 e. The number of hydrogen-bond acceptors (Lipinski definition) is 5. The number of thiophene rings is 1. The number of nitrogens with zero attached hydrogens (tertiary/aromatic N) is 2. The molecule has 1 unspecified atom stereocenters. The predicted molar refractivity (Wildman–Crippen MR) is 113 cm³/mol. The van der Waals surface area contributed by atoms with Gasteiger partial charge < -0.3 is 0 Å². The highest BCUT2D eigenvalue weighted by atomic mass is 79.9. The number of nitrogens with two attached hydrogens (primary N) is 1. The summed E-state index contributed by atoms with van der Waals surface area (Å²) in [6.45, 7) is 0. The molecule has 1 aliphatic heterocycles. The van der Waals surface area contributed by atoms with Crippen molar-refractivity contribution in [2.45, 2.75) is 17.4 Å². The fraction of sp³-hybridized carbons (Fsp3) is 0.105. The smallest absolute Gasteiger partial charge is 0.238 e. The van der Waals surface area contributed by atoms with E-state index in [0.717, 1.165) is 19.9 Å². The minimum atomic E-state index is -3.77. The van der Waals surface area contributed by atoms with Crippen molar-refractivity contribution >= 4 is 48.7 Å². The second-order valence-electron chi connectivity index (χ2n) is 6.31. The summed E-state index contributed by atoms with van der Waals surface area (Å²) in [5.74, 6) is -0.311. The lowest BCUT2D eigenvalue weighted by atomic mass is 10.0. The third kappa shape index (κ3) is 3.88. The molecule has 2 aromatic carbocycles. The summed E-state index contributed by atoms with van der Waals surface area (Å²) in [6, 6.07) is 16.4. The van der Waals surface area contributed by atoms with E-state index < -0.39 is 10.0 Å². The third-order valence-corrected chi connectivity index (χ3v) is 7.03. The molecule has 1 aliphatic rings. The van der Waals surface area contributed by atoms with Crippen molar-refractivity contribution in [2.24, 2.45) is 10.2 Å². The van der Waals surface area contributed by atoms with Gasteiger partial charge in [-0.2, -0.15) is 5.10 Å². The second-order valence-corrected chi connectivity index (χ2v) is 10.3. The van der Waals surface area contributed by atoms with Crippen LogP contribution in [0.1, 0.15) is 22.9 Å². The summed E-state index contributed by atoms with van der Waals surface area (Å²) in [4.78, 5) is 1.06. The molecule has 0 spiro atoms. The van der Waals surface area contributed by atoms with Gasteiger partial charge in [0.05, 0.1) is 31.0 Å². The molecule has 0 saturated heterocycles. The maximum atomic E-state index is 13.8. The number of hydrazone groups is 1. The number of anilines is 1. The van der Waals surface area contributed by atoms with Crippen molar-refractivity contribution in [3.63, 3.8) is 0 Å². The molecule has 9 heteroatoms. The highest BCUT2D eigenvalue weighted by Crippen LogP contribution is 2.38. The van der Waals surface area contributed by atoms with Gasteiger partial charge >= 0.3 is 0 Å². The van der Waals surface area contributed by atoms with E-state index in [1.165, 1.54) is 24.3 Å². The second kappa shape index (κ2) is 7.40. The van der Waals surface area contributed by atoms with Crippen LogP contribution in [0.2, 0.25) is 0 Å². The Hall–Kier alpha value is -2.07. The zero-order chi connectivity index (χ0) is 19.9. The maximum absolute atomic E-state index is 13.8. The maximum Gasteiger partial charge on any atom is 0.238 e. The van der Waals surface area contributed by atoms with Gasteiger partial charge in [0, 0.05) is 6.42 Å². The van der Waals surface area contributed by atoms with Crippen LogP contribution in [0.3, 0.4) is 0 Å². The normalized spacial score (nSPS) is 17.0. The zero-order valence-electron chi connectivity index (χ0n) is 14.4. The molecule has 0 amide bonds. The van der Waals surface area contributed by atoms with E-state index in [1.807, 2.05) is 18.2 Å². The average molecular weight is 480 g/mol. The van der Waals surface area contributed by atoms with Crippen molar-refractivity contribution in [1.82, 2.24) is 0 Å². The quantitative estimate of drug-likeness (QED) is 0.591. The number of rotatable bonds is 4. The van der Waals surface area contributed by atoms with E-state index in [0.29, 0.717) is 12.1 Å². The predicted octanol–water partition coefficient (Wildman–Crippen LogP) is 4.65. The molecule has 28 heavy (non-hydrogen) atoms. The minimum absolute atomic E-state index is 0.0316. The molecule has 0 radical (unpaired) electrons. The molecule has 4 rings (SSSR count). The van der Waals surface area contributed by atoms with Crippen LogP contribution in [0, 0.1) is 5.82 Å². The highest BCUT2D eigenvalue weighted by Gasteiger charge is 2.31. The van der Waals surface area contributed by atoms with Gasteiger partial charge in [-0.05, 0) is 70.0 Å². The van der Waals surface area contributed by atoms with E-state index >= 15 is 0 Å². The van der Waals surface area contributed by atoms with E-state index in [2.05, 4.69) is 15.9 Å². The SMILES string of the molecule is NS(=O)(=O)c1ccc(N2N=C(c3ccc(Br)s3)CC2c2cccc(F)c2)cc1. The number of benzene rings is 2. The van der Waals surface area contributed by atoms with Crippen LogP contribution in [0.5, 0.6) is 0 Å². The van der Waals surface area contributed by atoms with Crippen LogP contribution < -0.4 is 10.1 Å². The molecular formula is C19H15BrFN3O2S2. The summed E-state index contributed by atoms with van der Waals surface area (Å²) in [5.41, 5.74) is 2.39. The lowest BCUT2D eigenvalue weighted by molar-refractivity contribution is 0.597. The Morgan fingerprint density at radius 3 is 2.50 bits per heavy atom. The fourth-order valence-electron chi connectivity index (χ4n) is 3.13. The van der Waals surface area contributed by atoms with Gasteiger partial charge in [-0.3, -0.25) is 5.01 Å². The molecule has 5 nitrogen and oxygen atoms in total. The Labute approximate surface area is 174 Å². The molecular weight excluding hydrogens is 465 g/mol. The first-order valence-electron chi connectivity index (χ1n) is 8.32. The Balaban J connectivity index is 1.75. The first-order chi connectivity index (χ1) is 13.3. The van der Waals surface area contributed by atoms with Crippen molar-refractivity contribution in [3.8, 4) is 0 Å². The number of halogens is 2. The lowest BCUT2D eigenvalue weighted by Gasteiger charge is -2.24. The van der Waals surface area contributed by atoms with E-state index in [-0.39, 0.29) is 16.8 Å². The van der Waals surface area contributed by atoms with Gasteiger partial charge in [0.25, 0.3) is 0 Å². The Bertz CT molecular complexity index is 1160. The van der Waals surface area contributed by atoms with Gasteiger partial charge in [0.2, 0.25) is 10.0 Å². The molecule has 0 fully saturated rings. The number of hydrogen-bond donors (Lipinski definition) is 1. The summed E-state index contributed by atoms with van der Waals surface area (Å²) < 4.78 is 37.9. The van der Waals surface area contributed by atoms with Gasteiger partial charge in [0.1, 0.15) is 5.82 Å². The van der Waals surface area contributed by atoms with Gasteiger partial charge in [-0.15, -0.1) is 11.3 Å². The van der Waals surface area contributed by atoms with Crippen LogP contribution in [0.25, 0.3) is 0 Å². The fourth-order valence-corrected chi connectivity index (χ4v) is 5.02. The average Bonchev–Trinajstić information content (AvgIpc) is 3.27. The molecule has 144 valence electrons. The summed E-state index contributed by atoms with van der Waals surface area (Å²) in [5, 5.41) is 11.7. The van der Waals surface area contributed by atoms with Crippen LogP contribution in [-0.4, -0.2) is 14.1 Å². The Morgan fingerprint density at radius 2 is 1.89 bits per heavy atom. The first kappa shape index (κ1) is 19.3.